The minimum atomic E-state index is -0.403. The summed E-state index contributed by atoms with van der Waals surface area (Å²) < 4.78 is 0. The van der Waals surface area contributed by atoms with Gasteiger partial charge in [-0.25, -0.2) is 0 Å². The highest BCUT2D eigenvalue weighted by atomic mass is 16.3. The van der Waals surface area contributed by atoms with Crippen molar-refractivity contribution in [3.63, 3.8) is 0 Å². The zero-order valence-electron chi connectivity index (χ0n) is 9.93. The van der Waals surface area contributed by atoms with E-state index in [1.54, 1.807) is 12.1 Å². The molecule has 0 aliphatic heterocycles. The van der Waals surface area contributed by atoms with Crippen molar-refractivity contribution in [3.8, 4) is 5.75 Å². The molecule has 2 rings (SSSR count). The van der Waals surface area contributed by atoms with Gasteiger partial charge in [-0.1, -0.05) is 31.2 Å². The maximum absolute atomic E-state index is 9.24. The minimum Gasteiger partial charge on any atom is -0.508 e. The molecule has 0 heterocycles. The molecule has 1 aliphatic rings. The molecule has 17 heavy (non-hydrogen) atoms. The lowest BCUT2D eigenvalue weighted by Crippen LogP contribution is -2.47. The topological polar surface area (TPSA) is 72.3 Å². The average Bonchev–Trinajstić information content (AvgIpc) is 2.28. The van der Waals surface area contributed by atoms with Crippen LogP contribution in [0.3, 0.4) is 0 Å². The van der Waals surface area contributed by atoms with Crippen LogP contribution in [0.2, 0.25) is 0 Å². The number of allylic oxidation sites excluding steroid dienone is 1. The van der Waals surface area contributed by atoms with Crippen LogP contribution in [-0.2, 0) is 6.42 Å². The SMILES string of the molecule is CC1C=C(N)C=CC1(N)Cc1ccc(O)cc1. The van der Waals surface area contributed by atoms with E-state index in [1.165, 1.54) is 0 Å². The highest BCUT2D eigenvalue weighted by molar-refractivity contribution is 5.33. The highest BCUT2D eigenvalue weighted by Gasteiger charge is 2.30. The van der Waals surface area contributed by atoms with Crippen LogP contribution >= 0.6 is 0 Å². The van der Waals surface area contributed by atoms with Gasteiger partial charge in [-0.15, -0.1) is 0 Å². The number of phenols is 1. The molecule has 0 bridgehead atoms. The summed E-state index contributed by atoms with van der Waals surface area (Å²) in [6.07, 6.45) is 6.55. The Hall–Kier alpha value is -1.74. The summed E-state index contributed by atoms with van der Waals surface area (Å²) in [5.74, 6) is 0.470. The quantitative estimate of drug-likeness (QED) is 0.723. The second kappa shape index (κ2) is 4.26. The molecule has 5 N–H and O–H groups in total. The summed E-state index contributed by atoms with van der Waals surface area (Å²) in [6.45, 7) is 2.07. The van der Waals surface area contributed by atoms with Crippen molar-refractivity contribution in [3.05, 3.63) is 53.8 Å². The zero-order valence-corrected chi connectivity index (χ0v) is 9.93. The Kier molecular flexibility index (Phi) is 2.94. The maximum Gasteiger partial charge on any atom is 0.115 e. The molecule has 3 nitrogen and oxygen atoms in total. The molecule has 1 aliphatic carbocycles. The van der Waals surface area contributed by atoms with Gasteiger partial charge in [0.1, 0.15) is 5.75 Å². The normalized spacial score (nSPS) is 27.9. The van der Waals surface area contributed by atoms with Gasteiger partial charge in [-0.3, -0.25) is 0 Å². The molecular weight excluding hydrogens is 212 g/mol. The average molecular weight is 230 g/mol. The molecule has 1 aromatic rings. The Balaban J connectivity index is 2.18. The number of aromatic hydroxyl groups is 1. The van der Waals surface area contributed by atoms with Crippen molar-refractivity contribution < 1.29 is 5.11 Å². The van der Waals surface area contributed by atoms with Crippen molar-refractivity contribution in [1.29, 1.82) is 0 Å². The van der Waals surface area contributed by atoms with Crippen molar-refractivity contribution in [1.82, 2.24) is 0 Å². The third-order valence-electron chi connectivity index (χ3n) is 3.32. The van der Waals surface area contributed by atoms with Crippen LogP contribution < -0.4 is 11.5 Å². The molecule has 3 heteroatoms. The molecule has 0 radical (unpaired) electrons. The second-order valence-electron chi connectivity index (χ2n) is 4.74. The molecule has 0 saturated carbocycles. The van der Waals surface area contributed by atoms with Gasteiger partial charge in [0.05, 0.1) is 0 Å². The fourth-order valence-electron chi connectivity index (χ4n) is 2.09. The van der Waals surface area contributed by atoms with E-state index >= 15 is 0 Å². The van der Waals surface area contributed by atoms with Gasteiger partial charge < -0.3 is 16.6 Å². The Morgan fingerprint density at radius 1 is 1.29 bits per heavy atom. The number of benzene rings is 1. The van der Waals surface area contributed by atoms with E-state index < -0.39 is 5.54 Å². The molecule has 0 aromatic heterocycles. The van der Waals surface area contributed by atoms with Crippen LogP contribution in [0.5, 0.6) is 5.75 Å². The van der Waals surface area contributed by atoms with Crippen LogP contribution in [0.15, 0.2) is 48.2 Å². The highest BCUT2D eigenvalue weighted by Crippen LogP contribution is 2.27. The largest absolute Gasteiger partial charge is 0.508 e. The monoisotopic (exact) mass is 230 g/mol. The van der Waals surface area contributed by atoms with Crippen LogP contribution in [0.1, 0.15) is 12.5 Å². The number of phenolic OH excluding ortho intramolecular Hbond substituents is 1. The van der Waals surface area contributed by atoms with Gasteiger partial charge in [0.15, 0.2) is 0 Å². The fraction of sp³-hybridized carbons (Fsp3) is 0.286. The lowest BCUT2D eigenvalue weighted by atomic mass is 9.77. The third-order valence-corrected chi connectivity index (χ3v) is 3.32. The first-order chi connectivity index (χ1) is 7.99. The smallest absolute Gasteiger partial charge is 0.115 e. The Bertz CT molecular complexity index is 462. The Labute approximate surface area is 101 Å². The van der Waals surface area contributed by atoms with Crippen LogP contribution in [0.25, 0.3) is 0 Å². The molecule has 2 unspecified atom stereocenters. The van der Waals surface area contributed by atoms with Gasteiger partial charge in [0.25, 0.3) is 0 Å². The number of nitrogens with two attached hydrogens (primary N) is 2. The van der Waals surface area contributed by atoms with E-state index in [0.717, 1.165) is 17.7 Å². The van der Waals surface area contributed by atoms with E-state index in [-0.39, 0.29) is 11.7 Å². The van der Waals surface area contributed by atoms with Crippen molar-refractivity contribution in [2.24, 2.45) is 17.4 Å². The van der Waals surface area contributed by atoms with E-state index in [1.807, 2.05) is 30.4 Å². The first-order valence-corrected chi connectivity index (χ1v) is 5.73. The molecule has 90 valence electrons. The van der Waals surface area contributed by atoms with Crippen molar-refractivity contribution >= 4 is 0 Å². The van der Waals surface area contributed by atoms with Crippen LogP contribution in [0, 0.1) is 5.92 Å². The standard InChI is InChI=1S/C14H18N2O/c1-10-8-12(15)6-7-14(10,16)9-11-2-4-13(17)5-3-11/h2-8,10,17H,9,15-16H2,1H3. The summed E-state index contributed by atoms with van der Waals surface area (Å²) in [5, 5.41) is 9.24. The van der Waals surface area contributed by atoms with Gasteiger partial charge in [-0.2, -0.15) is 0 Å². The molecule has 0 spiro atoms. The Morgan fingerprint density at radius 2 is 1.94 bits per heavy atom. The fourth-order valence-corrected chi connectivity index (χ4v) is 2.09. The third kappa shape index (κ3) is 2.50. The molecule has 0 fully saturated rings. The van der Waals surface area contributed by atoms with E-state index in [2.05, 4.69) is 6.92 Å². The zero-order chi connectivity index (χ0) is 12.5. The lowest BCUT2D eigenvalue weighted by Gasteiger charge is -2.33. The van der Waals surface area contributed by atoms with Gasteiger partial charge in [0, 0.05) is 11.2 Å². The van der Waals surface area contributed by atoms with Gasteiger partial charge in [0.2, 0.25) is 0 Å². The van der Waals surface area contributed by atoms with Gasteiger partial charge in [-0.05, 0) is 36.1 Å². The van der Waals surface area contributed by atoms with Crippen LogP contribution in [0.4, 0.5) is 0 Å². The van der Waals surface area contributed by atoms with E-state index in [4.69, 9.17) is 11.5 Å². The summed E-state index contributed by atoms with van der Waals surface area (Å²) in [5.41, 5.74) is 13.6. The lowest BCUT2D eigenvalue weighted by molar-refractivity contribution is 0.410. The Morgan fingerprint density at radius 3 is 2.53 bits per heavy atom. The van der Waals surface area contributed by atoms with Gasteiger partial charge >= 0.3 is 0 Å². The summed E-state index contributed by atoms with van der Waals surface area (Å²) in [7, 11) is 0. The molecule has 1 aromatic carbocycles. The summed E-state index contributed by atoms with van der Waals surface area (Å²) >= 11 is 0. The van der Waals surface area contributed by atoms with Crippen molar-refractivity contribution in [2.45, 2.75) is 18.9 Å². The number of rotatable bonds is 2. The van der Waals surface area contributed by atoms with E-state index in [9.17, 15) is 5.11 Å². The molecule has 0 saturated heterocycles. The maximum atomic E-state index is 9.24. The number of hydrogen-bond acceptors (Lipinski definition) is 3. The second-order valence-corrected chi connectivity index (χ2v) is 4.74. The summed E-state index contributed by atoms with van der Waals surface area (Å²) in [6, 6.07) is 7.15. The van der Waals surface area contributed by atoms with Crippen LogP contribution in [-0.4, -0.2) is 10.6 Å². The first-order valence-electron chi connectivity index (χ1n) is 5.73. The van der Waals surface area contributed by atoms with E-state index in [0.29, 0.717) is 0 Å². The summed E-state index contributed by atoms with van der Waals surface area (Å²) in [4.78, 5) is 0. The minimum absolute atomic E-state index is 0.196. The first kappa shape index (κ1) is 11.7. The number of hydrogen-bond donors (Lipinski definition) is 3. The predicted octanol–water partition coefficient (Wildman–Crippen LogP) is 1.68. The predicted molar refractivity (Wildman–Crippen MR) is 69.3 cm³/mol. The molecule has 0 amide bonds. The van der Waals surface area contributed by atoms with Crippen molar-refractivity contribution in [2.75, 3.05) is 0 Å². The molecular formula is C14H18N2O. The molecule has 2 atom stereocenters.